The molecule has 0 heterocycles. The van der Waals surface area contributed by atoms with Crippen molar-refractivity contribution in [2.24, 2.45) is 5.11 Å². The lowest BCUT2D eigenvalue weighted by molar-refractivity contribution is 0.267. The van der Waals surface area contributed by atoms with Gasteiger partial charge < -0.3 is 14.9 Å². The summed E-state index contributed by atoms with van der Waals surface area (Å²) in [5.41, 5.74) is 8.92. The number of phenols is 1. The zero-order valence-corrected chi connectivity index (χ0v) is 8.87. The van der Waals surface area contributed by atoms with E-state index >= 15 is 0 Å². The van der Waals surface area contributed by atoms with Crippen LogP contribution < -0.4 is 4.74 Å². The van der Waals surface area contributed by atoms with Crippen molar-refractivity contribution in [2.75, 3.05) is 13.2 Å². The standard InChI is InChI=1S/C10H13N3O3/c1-2-16-10-5-7(3-4-9(10)15)8(6-14)12-13-11/h3-5,8,14-15H,2,6H2,1H3. The molecule has 0 aliphatic carbocycles. The van der Waals surface area contributed by atoms with E-state index in [9.17, 15) is 5.11 Å². The summed E-state index contributed by atoms with van der Waals surface area (Å²) in [7, 11) is 0. The Labute approximate surface area is 92.7 Å². The fourth-order valence-electron chi connectivity index (χ4n) is 1.28. The largest absolute Gasteiger partial charge is 0.504 e. The van der Waals surface area contributed by atoms with Crippen molar-refractivity contribution in [1.29, 1.82) is 0 Å². The van der Waals surface area contributed by atoms with Crippen molar-refractivity contribution in [3.05, 3.63) is 34.2 Å². The van der Waals surface area contributed by atoms with E-state index in [1.165, 1.54) is 6.07 Å². The number of ether oxygens (including phenoxy) is 1. The van der Waals surface area contributed by atoms with Gasteiger partial charge in [0, 0.05) is 4.91 Å². The van der Waals surface area contributed by atoms with Gasteiger partial charge in [0.25, 0.3) is 0 Å². The van der Waals surface area contributed by atoms with Crippen molar-refractivity contribution in [1.82, 2.24) is 0 Å². The number of hydrogen-bond acceptors (Lipinski definition) is 4. The molecule has 0 fully saturated rings. The van der Waals surface area contributed by atoms with E-state index in [0.717, 1.165) is 0 Å². The number of aromatic hydroxyl groups is 1. The molecular weight excluding hydrogens is 210 g/mol. The zero-order valence-electron chi connectivity index (χ0n) is 8.87. The maximum atomic E-state index is 9.46. The van der Waals surface area contributed by atoms with E-state index in [1.54, 1.807) is 19.1 Å². The summed E-state index contributed by atoms with van der Waals surface area (Å²) in [6.07, 6.45) is 0. The second kappa shape index (κ2) is 5.85. The molecule has 16 heavy (non-hydrogen) atoms. The van der Waals surface area contributed by atoms with Gasteiger partial charge in [-0.05, 0) is 30.2 Å². The van der Waals surface area contributed by atoms with Crippen LogP contribution in [-0.4, -0.2) is 23.4 Å². The van der Waals surface area contributed by atoms with Crippen LogP contribution >= 0.6 is 0 Å². The number of rotatable bonds is 5. The van der Waals surface area contributed by atoms with Crippen LogP contribution in [0, 0.1) is 0 Å². The molecule has 0 saturated heterocycles. The van der Waals surface area contributed by atoms with Crippen molar-refractivity contribution in [3.63, 3.8) is 0 Å². The fourth-order valence-corrected chi connectivity index (χ4v) is 1.28. The molecule has 1 aromatic rings. The molecule has 0 amide bonds. The number of azide groups is 1. The first-order valence-electron chi connectivity index (χ1n) is 4.83. The van der Waals surface area contributed by atoms with Crippen LogP contribution in [0.3, 0.4) is 0 Å². The van der Waals surface area contributed by atoms with Gasteiger partial charge in [0.05, 0.1) is 19.3 Å². The minimum atomic E-state index is -0.662. The molecule has 0 bridgehead atoms. The van der Waals surface area contributed by atoms with Crippen LogP contribution in [0.15, 0.2) is 23.3 Å². The Morgan fingerprint density at radius 2 is 2.31 bits per heavy atom. The van der Waals surface area contributed by atoms with Crippen molar-refractivity contribution >= 4 is 0 Å². The molecule has 1 aromatic carbocycles. The Morgan fingerprint density at radius 3 is 2.88 bits per heavy atom. The van der Waals surface area contributed by atoms with E-state index in [4.69, 9.17) is 15.4 Å². The average Bonchev–Trinajstić information content (AvgIpc) is 2.29. The Morgan fingerprint density at radius 1 is 1.56 bits per heavy atom. The molecule has 0 saturated carbocycles. The number of phenolic OH excluding ortho intramolecular Hbond substituents is 1. The summed E-state index contributed by atoms with van der Waals surface area (Å²) in [5.74, 6) is 0.329. The first-order chi connectivity index (χ1) is 7.72. The zero-order chi connectivity index (χ0) is 12.0. The van der Waals surface area contributed by atoms with Gasteiger partial charge in [-0.2, -0.15) is 0 Å². The molecule has 86 valence electrons. The summed E-state index contributed by atoms with van der Waals surface area (Å²) in [5, 5.41) is 21.9. The number of aliphatic hydroxyl groups is 1. The molecule has 1 unspecified atom stereocenters. The summed E-state index contributed by atoms with van der Waals surface area (Å²) in [6.45, 7) is 1.92. The molecule has 0 aliphatic rings. The van der Waals surface area contributed by atoms with E-state index in [2.05, 4.69) is 10.0 Å². The van der Waals surface area contributed by atoms with Gasteiger partial charge in [0.1, 0.15) is 0 Å². The first kappa shape index (κ1) is 12.2. The van der Waals surface area contributed by atoms with E-state index in [1.807, 2.05) is 0 Å². The lowest BCUT2D eigenvalue weighted by atomic mass is 10.1. The van der Waals surface area contributed by atoms with Crippen LogP contribution in [0.4, 0.5) is 0 Å². The predicted octanol–water partition coefficient (Wildman–Crippen LogP) is 2.13. The van der Waals surface area contributed by atoms with Gasteiger partial charge in [0.15, 0.2) is 11.5 Å². The monoisotopic (exact) mass is 223 g/mol. The maximum absolute atomic E-state index is 9.46. The molecule has 0 spiro atoms. The number of hydrogen-bond donors (Lipinski definition) is 2. The molecule has 0 aromatic heterocycles. The van der Waals surface area contributed by atoms with E-state index in [0.29, 0.717) is 17.9 Å². The fraction of sp³-hybridized carbons (Fsp3) is 0.400. The van der Waals surface area contributed by atoms with Gasteiger partial charge in [-0.3, -0.25) is 0 Å². The van der Waals surface area contributed by atoms with Gasteiger partial charge in [-0.15, -0.1) is 0 Å². The predicted molar refractivity (Wildman–Crippen MR) is 58.2 cm³/mol. The van der Waals surface area contributed by atoms with Crippen molar-refractivity contribution in [2.45, 2.75) is 13.0 Å². The van der Waals surface area contributed by atoms with E-state index < -0.39 is 6.04 Å². The van der Waals surface area contributed by atoms with Gasteiger partial charge in [-0.25, -0.2) is 0 Å². The van der Waals surface area contributed by atoms with Crippen LogP contribution in [-0.2, 0) is 0 Å². The molecule has 0 aliphatic heterocycles. The summed E-state index contributed by atoms with van der Waals surface area (Å²) < 4.78 is 5.18. The highest BCUT2D eigenvalue weighted by molar-refractivity contribution is 5.42. The van der Waals surface area contributed by atoms with Crippen LogP contribution in [0.1, 0.15) is 18.5 Å². The van der Waals surface area contributed by atoms with Crippen molar-refractivity contribution in [3.8, 4) is 11.5 Å². The second-order valence-electron chi connectivity index (χ2n) is 3.06. The SMILES string of the molecule is CCOc1cc(C(CO)N=[N+]=[N-])ccc1O. The quantitative estimate of drug-likeness (QED) is 0.454. The molecule has 1 atom stereocenters. The second-order valence-corrected chi connectivity index (χ2v) is 3.06. The van der Waals surface area contributed by atoms with Gasteiger partial charge in [0.2, 0.25) is 0 Å². The Kier molecular flexibility index (Phi) is 4.44. The lowest BCUT2D eigenvalue weighted by Crippen LogP contribution is -2.01. The third kappa shape index (κ3) is 2.79. The smallest absolute Gasteiger partial charge is 0.161 e. The Bertz CT molecular complexity index is 402. The van der Waals surface area contributed by atoms with Crippen LogP contribution in [0.5, 0.6) is 11.5 Å². The Balaban J connectivity index is 3.04. The number of aliphatic hydroxyl groups excluding tert-OH is 1. The highest BCUT2D eigenvalue weighted by Gasteiger charge is 2.11. The van der Waals surface area contributed by atoms with Crippen LogP contribution in [0.2, 0.25) is 0 Å². The van der Waals surface area contributed by atoms with Gasteiger partial charge >= 0.3 is 0 Å². The molecule has 1 rings (SSSR count). The summed E-state index contributed by atoms with van der Waals surface area (Å²) in [6, 6.07) is 3.90. The lowest BCUT2D eigenvalue weighted by Gasteiger charge is -2.11. The minimum absolute atomic E-state index is 0.0169. The van der Waals surface area contributed by atoms with Gasteiger partial charge in [-0.1, -0.05) is 11.2 Å². The first-order valence-corrected chi connectivity index (χ1v) is 4.83. The molecule has 6 nitrogen and oxygen atoms in total. The minimum Gasteiger partial charge on any atom is -0.504 e. The highest BCUT2D eigenvalue weighted by Crippen LogP contribution is 2.30. The van der Waals surface area contributed by atoms with Crippen LogP contribution in [0.25, 0.3) is 10.4 Å². The topological polar surface area (TPSA) is 98.5 Å². The van der Waals surface area contributed by atoms with Crippen molar-refractivity contribution < 1.29 is 14.9 Å². The summed E-state index contributed by atoms with van der Waals surface area (Å²) >= 11 is 0. The molecule has 2 N–H and O–H groups in total. The van der Waals surface area contributed by atoms with E-state index in [-0.39, 0.29) is 12.4 Å². The molecule has 0 radical (unpaired) electrons. The number of benzene rings is 1. The molecule has 6 heteroatoms. The third-order valence-corrected chi connectivity index (χ3v) is 2.03. The summed E-state index contributed by atoms with van der Waals surface area (Å²) in [4.78, 5) is 2.64. The normalized spacial score (nSPS) is 11.6. The third-order valence-electron chi connectivity index (χ3n) is 2.03. The maximum Gasteiger partial charge on any atom is 0.161 e. The molecular formula is C10H13N3O3. The number of nitrogens with zero attached hydrogens (tertiary/aromatic N) is 3. The Hall–Kier alpha value is -1.91. The highest BCUT2D eigenvalue weighted by atomic mass is 16.5. The average molecular weight is 223 g/mol.